The smallest absolute Gasteiger partial charge is 0.654 e. The van der Waals surface area contributed by atoms with Gasteiger partial charge in [0.1, 0.15) is 0 Å². The van der Waals surface area contributed by atoms with Crippen LogP contribution in [0.25, 0.3) is 33.4 Å². The molecule has 2 aromatic carbocycles. The van der Waals surface area contributed by atoms with Crippen LogP contribution in [0.5, 0.6) is 0 Å². The van der Waals surface area contributed by atoms with Crippen LogP contribution in [0.15, 0.2) is 253 Å². The number of allylic oxidation sites excluding steroid dienone is 16. The van der Waals surface area contributed by atoms with Crippen LogP contribution in [0, 0.1) is 0 Å². The third kappa shape index (κ3) is 13.5. The molecule has 284 valence electrons. The zero-order valence-electron chi connectivity index (χ0n) is 32.0. The van der Waals surface area contributed by atoms with E-state index in [2.05, 4.69) is 68.5 Å². The van der Waals surface area contributed by atoms with Gasteiger partial charge in [0.05, 0.1) is 0 Å². The Hall–Kier alpha value is -6.04. The average Bonchev–Trinajstić information content (AvgIpc) is 4.15. The van der Waals surface area contributed by atoms with Crippen molar-refractivity contribution in [2.45, 2.75) is 0 Å². The number of pyridine rings is 4. The molecule has 0 amide bonds. The first kappa shape index (κ1) is 45.7. The summed E-state index contributed by atoms with van der Waals surface area (Å²) in [6.45, 7) is 0. The molecule has 4 aliphatic rings. The topological polar surface area (TPSA) is 79.8 Å². The van der Waals surface area contributed by atoms with Gasteiger partial charge in [0.25, 0.3) is 0 Å². The van der Waals surface area contributed by atoms with Crippen LogP contribution in [-0.4, -0.2) is 19.9 Å². The molecule has 0 N–H and O–H groups in total. The Labute approximate surface area is 380 Å². The Morgan fingerprint density at radius 3 is 0.814 bits per heavy atom. The second-order valence-corrected chi connectivity index (χ2v) is 12.4. The molecule has 0 fully saturated rings. The Morgan fingerprint density at radius 1 is 0.339 bits per heavy atom. The largest absolute Gasteiger partial charge is 2.00 e. The van der Waals surface area contributed by atoms with Crippen molar-refractivity contribution in [3.05, 3.63) is 287 Å². The van der Waals surface area contributed by atoms with Crippen LogP contribution in [-0.2, 0) is 53.6 Å². The Balaban J connectivity index is 0.000000202. The molecule has 0 atom stereocenters. The van der Waals surface area contributed by atoms with Crippen LogP contribution in [0.4, 0.5) is 0 Å². The molecule has 6 aromatic rings. The molecule has 9 heteroatoms. The van der Waals surface area contributed by atoms with Crippen molar-refractivity contribution >= 4 is 22.8 Å². The standard InChI is InChI=1S/2C20H14N3.2C5H5.2Fe.Zn/c2*1-2-8-15(7-1)16-13-19(17-9-3-5-11-21-17)23-20(14-16)18-10-4-6-12-22-18;2*1-2-4-5-3-1;;;/h2*1-14H;2*1-5H;;;/q4*-1;3*+2. The first-order chi connectivity index (χ1) is 27.8. The second-order valence-electron chi connectivity index (χ2n) is 12.4. The van der Waals surface area contributed by atoms with Crippen LogP contribution >= 0.6 is 0 Å². The average molecular weight is 900 g/mol. The maximum absolute atomic E-state index is 4.76. The Morgan fingerprint density at radius 2 is 0.610 bits per heavy atom. The van der Waals surface area contributed by atoms with Gasteiger partial charge in [-0.1, -0.05) is 97.2 Å². The van der Waals surface area contributed by atoms with E-state index in [4.69, 9.17) is 10.6 Å². The van der Waals surface area contributed by atoms with Crippen molar-refractivity contribution in [1.82, 2.24) is 19.9 Å². The van der Waals surface area contributed by atoms with E-state index in [1.54, 1.807) is 24.8 Å². The maximum atomic E-state index is 4.76. The summed E-state index contributed by atoms with van der Waals surface area (Å²) >= 11 is 0. The van der Waals surface area contributed by atoms with E-state index in [0.29, 0.717) is 0 Å². The Kier molecular flexibility index (Phi) is 19.1. The van der Waals surface area contributed by atoms with Gasteiger partial charge in [-0.3, -0.25) is 19.9 Å². The summed E-state index contributed by atoms with van der Waals surface area (Å²) in [5.41, 5.74) is 11.4. The van der Waals surface area contributed by atoms with Crippen molar-refractivity contribution in [2.75, 3.05) is 0 Å². The number of hydrogen-bond donors (Lipinski definition) is 0. The van der Waals surface area contributed by atoms with Gasteiger partial charge in [0.15, 0.2) is 0 Å². The van der Waals surface area contributed by atoms with Crippen molar-refractivity contribution in [3.8, 4) is 0 Å². The quantitative estimate of drug-likeness (QED) is 0.130. The monoisotopic (exact) mass is 898 g/mol. The molecule has 6 heterocycles. The second kappa shape index (κ2) is 24.7. The number of aromatic nitrogens is 4. The normalized spacial score (nSPS) is 14.0. The third-order valence-corrected chi connectivity index (χ3v) is 8.46. The number of rotatable bonds is 4. The molecule has 0 bridgehead atoms. The van der Waals surface area contributed by atoms with Crippen molar-refractivity contribution < 1.29 is 53.6 Å². The maximum Gasteiger partial charge on any atom is 2.00 e. The van der Waals surface area contributed by atoms with Crippen LogP contribution < -0.4 is 0 Å². The number of nitrogens with zero attached hydrogens (tertiary/aromatic N) is 6. The van der Waals surface area contributed by atoms with E-state index < -0.39 is 0 Å². The van der Waals surface area contributed by atoms with Crippen molar-refractivity contribution in [1.29, 1.82) is 0 Å². The molecule has 0 saturated carbocycles. The molecule has 0 radical (unpaired) electrons. The molecule has 2 aliphatic carbocycles. The van der Waals surface area contributed by atoms with Gasteiger partial charge in [-0.2, -0.15) is 36.4 Å². The van der Waals surface area contributed by atoms with E-state index in [9.17, 15) is 0 Å². The summed E-state index contributed by atoms with van der Waals surface area (Å²) in [5, 5.41) is 9.52. The molecule has 0 spiro atoms. The molecule has 0 unspecified atom stereocenters. The molecule has 2 aliphatic heterocycles. The van der Waals surface area contributed by atoms with Gasteiger partial charge >= 0.3 is 53.6 Å². The summed E-state index contributed by atoms with van der Waals surface area (Å²) in [6, 6.07) is 43.4. The minimum atomic E-state index is 0. The first-order valence-corrected chi connectivity index (χ1v) is 18.3. The predicted octanol–water partition coefficient (Wildman–Crippen LogP) is 12.1. The number of hydrogen-bond acceptors (Lipinski definition) is 4. The molecular weight excluding hydrogens is 862 g/mol. The van der Waals surface area contributed by atoms with E-state index in [1.165, 1.54) is 11.1 Å². The van der Waals surface area contributed by atoms with Gasteiger partial charge in [-0.15, -0.1) is 22.8 Å². The summed E-state index contributed by atoms with van der Waals surface area (Å²) in [4.78, 5) is 17.7. The molecule has 6 nitrogen and oxygen atoms in total. The van der Waals surface area contributed by atoms with Gasteiger partial charge in [-0.05, 0) is 70.8 Å². The minimum Gasteiger partial charge on any atom is -0.654 e. The van der Waals surface area contributed by atoms with E-state index in [0.717, 1.165) is 56.7 Å². The van der Waals surface area contributed by atoms with Crippen molar-refractivity contribution in [3.63, 3.8) is 0 Å². The van der Waals surface area contributed by atoms with Gasteiger partial charge in [0.2, 0.25) is 0 Å². The first-order valence-electron chi connectivity index (χ1n) is 18.3. The molecule has 10 rings (SSSR count). The third-order valence-electron chi connectivity index (χ3n) is 8.46. The van der Waals surface area contributed by atoms with Gasteiger partial charge in [0, 0.05) is 47.6 Å². The molecule has 0 saturated heterocycles. The summed E-state index contributed by atoms with van der Waals surface area (Å²) in [6.07, 6.45) is 32.0. The fraction of sp³-hybridized carbons (Fsp3) is 0. The summed E-state index contributed by atoms with van der Waals surface area (Å²) in [7, 11) is 0. The molecular formula is C50H38Fe2N6Zn+2. The predicted molar refractivity (Wildman–Crippen MR) is 230 cm³/mol. The van der Waals surface area contributed by atoms with Crippen LogP contribution in [0.1, 0.15) is 22.8 Å². The fourth-order valence-electron chi connectivity index (χ4n) is 5.75. The van der Waals surface area contributed by atoms with E-state index >= 15 is 0 Å². The summed E-state index contributed by atoms with van der Waals surface area (Å²) in [5.74, 6) is 0. The zero-order chi connectivity index (χ0) is 38.0. The Bertz CT molecular complexity index is 2120. The van der Waals surface area contributed by atoms with E-state index in [1.807, 2.05) is 158 Å². The molecule has 59 heavy (non-hydrogen) atoms. The van der Waals surface area contributed by atoms with Crippen molar-refractivity contribution in [2.24, 2.45) is 0 Å². The van der Waals surface area contributed by atoms with Gasteiger partial charge in [-0.25, -0.2) is 24.3 Å². The molecule has 4 aromatic heterocycles. The zero-order valence-corrected chi connectivity index (χ0v) is 37.2. The fourth-order valence-corrected chi connectivity index (χ4v) is 5.75. The van der Waals surface area contributed by atoms with Crippen LogP contribution in [0.3, 0.4) is 0 Å². The summed E-state index contributed by atoms with van der Waals surface area (Å²) < 4.78 is 0. The van der Waals surface area contributed by atoms with E-state index in [-0.39, 0.29) is 53.6 Å². The van der Waals surface area contributed by atoms with Gasteiger partial charge < -0.3 is 10.6 Å². The minimum absolute atomic E-state index is 0. The van der Waals surface area contributed by atoms with Crippen LogP contribution in [0.2, 0.25) is 0 Å². The SMILES string of the molecule is C1=CC(=C2C=C(c3ccccn3)[N-]C(c3ccccn3)=C2)C=C1.C1=CC(=C2C=C(c3ccccn3)[N-]C(c3ccccn3)=C2)C=C1.[Fe+2].[Fe+2].[Zn+2].c1cc[cH-]c1.c1cc[cH-]c1.